The molecule has 0 fully saturated rings. The van der Waals surface area contributed by atoms with Gasteiger partial charge in [-0.1, -0.05) is 13.3 Å². The number of rotatable bonds is 7. The summed E-state index contributed by atoms with van der Waals surface area (Å²) in [6, 6.07) is 3.38. The first kappa shape index (κ1) is 14.4. The highest BCUT2D eigenvalue weighted by Crippen LogP contribution is 2.16. The summed E-state index contributed by atoms with van der Waals surface area (Å²) >= 11 is 0. The summed E-state index contributed by atoms with van der Waals surface area (Å²) in [6.07, 6.45) is 2.03. The van der Waals surface area contributed by atoms with Crippen LogP contribution in [0.25, 0.3) is 0 Å². The third kappa shape index (κ3) is 4.71. The van der Waals surface area contributed by atoms with Gasteiger partial charge in [0.1, 0.15) is 5.75 Å². The summed E-state index contributed by atoms with van der Waals surface area (Å²) in [7, 11) is 0. The van der Waals surface area contributed by atoms with Gasteiger partial charge in [-0.3, -0.25) is 14.7 Å². The molecule has 1 heterocycles. The lowest BCUT2D eigenvalue weighted by molar-refractivity contribution is -0.119. The van der Waals surface area contributed by atoms with E-state index in [0.717, 1.165) is 25.1 Å². The third-order valence-electron chi connectivity index (χ3n) is 2.67. The van der Waals surface area contributed by atoms with Gasteiger partial charge in [-0.15, -0.1) is 0 Å². The third-order valence-corrected chi connectivity index (χ3v) is 2.67. The first-order valence-electron chi connectivity index (χ1n) is 6.19. The van der Waals surface area contributed by atoms with E-state index >= 15 is 0 Å². The van der Waals surface area contributed by atoms with Crippen LogP contribution in [0.5, 0.6) is 5.75 Å². The minimum Gasteiger partial charge on any atom is -0.506 e. The van der Waals surface area contributed by atoms with Gasteiger partial charge in [0.15, 0.2) is 0 Å². The zero-order chi connectivity index (χ0) is 13.5. The Bertz CT molecular complexity index is 407. The molecule has 5 heteroatoms. The second kappa shape index (κ2) is 6.96. The highest BCUT2D eigenvalue weighted by molar-refractivity contribution is 5.75. The van der Waals surface area contributed by atoms with Gasteiger partial charge in [0.2, 0.25) is 5.91 Å². The first-order chi connectivity index (χ1) is 8.52. The van der Waals surface area contributed by atoms with Crippen molar-refractivity contribution in [2.45, 2.75) is 33.2 Å². The maximum Gasteiger partial charge on any atom is 0.231 e. The van der Waals surface area contributed by atoms with Gasteiger partial charge in [-0.25, -0.2) is 0 Å². The Morgan fingerprint density at radius 1 is 1.50 bits per heavy atom. The van der Waals surface area contributed by atoms with E-state index in [1.165, 1.54) is 0 Å². The van der Waals surface area contributed by atoms with E-state index in [0.29, 0.717) is 12.2 Å². The molecule has 100 valence electrons. The van der Waals surface area contributed by atoms with Crippen LogP contribution in [0, 0.1) is 6.92 Å². The number of carbonyl (C=O) groups is 1. The van der Waals surface area contributed by atoms with Crippen LogP contribution >= 0.6 is 0 Å². The molecule has 0 atom stereocenters. The molecule has 0 aliphatic heterocycles. The predicted molar refractivity (Wildman–Crippen MR) is 70.0 cm³/mol. The average Bonchev–Trinajstić information content (AvgIpc) is 2.30. The van der Waals surface area contributed by atoms with Gasteiger partial charge < -0.3 is 10.8 Å². The second-order valence-electron chi connectivity index (χ2n) is 4.45. The van der Waals surface area contributed by atoms with Crippen molar-refractivity contribution >= 4 is 5.91 Å². The Balaban J connectivity index is 2.74. The van der Waals surface area contributed by atoms with Crippen LogP contribution in [0.3, 0.4) is 0 Å². The molecule has 0 aliphatic rings. The fourth-order valence-electron chi connectivity index (χ4n) is 1.75. The highest BCUT2D eigenvalue weighted by atomic mass is 16.3. The number of nitrogens with two attached hydrogens (primary N) is 1. The predicted octanol–water partition coefficient (Wildman–Crippen LogP) is 1.18. The van der Waals surface area contributed by atoms with Gasteiger partial charge in [-0.05, 0) is 32.0 Å². The van der Waals surface area contributed by atoms with Crippen molar-refractivity contribution in [1.29, 1.82) is 0 Å². The number of aryl methyl sites for hydroxylation is 1. The summed E-state index contributed by atoms with van der Waals surface area (Å²) in [5.41, 5.74) is 6.66. The second-order valence-corrected chi connectivity index (χ2v) is 4.45. The van der Waals surface area contributed by atoms with Crippen molar-refractivity contribution in [3.8, 4) is 5.75 Å². The molecule has 0 saturated heterocycles. The maximum atomic E-state index is 11.0. The fraction of sp³-hybridized carbons (Fsp3) is 0.538. The van der Waals surface area contributed by atoms with Crippen molar-refractivity contribution in [1.82, 2.24) is 9.88 Å². The Hall–Kier alpha value is -1.62. The molecule has 0 bridgehead atoms. The zero-order valence-corrected chi connectivity index (χ0v) is 11.0. The van der Waals surface area contributed by atoms with E-state index < -0.39 is 0 Å². The van der Waals surface area contributed by atoms with Crippen LogP contribution in [0.4, 0.5) is 0 Å². The quantitative estimate of drug-likeness (QED) is 0.762. The van der Waals surface area contributed by atoms with Gasteiger partial charge in [-0.2, -0.15) is 0 Å². The monoisotopic (exact) mass is 251 g/mol. The smallest absolute Gasteiger partial charge is 0.231 e. The number of hydrogen-bond acceptors (Lipinski definition) is 4. The lowest BCUT2D eigenvalue weighted by Gasteiger charge is -2.20. The molecule has 0 unspecified atom stereocenters. The molecule has 0 saturated carbocycles. The summed E-state index contributed by atoms with van der Waals surface area (Å²) in [5, 5.41) is 9.74. The topological polar surface area (TPSA) is 79.5 Å². The number of amides is 1. The SMILES string of the molecule is CCCCN(CC(N)=O)Cc1nc(C)ccc1O. The molecule has 0 radical (unpaired) electrons. The Kier molecular flexibility index (Phi) is 5.58. The Morgan fingerprint density at radius 2 is 2.22 bits per heavy atom. The average molecular weight is 251 g/mol. The van der Waals surface area contributed by atoms with Crippen LogP contribution in [0.15, 0.2) is 12.1 Å². The number of unbranched alkanes of at least 4 members (excludes halogenated alkanes) is 1. The Morgan fingerprint density at radius 3 is 2.83 bits per heavy atom. The van der Waals surface area contributed by atoms with Crippen molar-refractivity contribution in [2.75, 3.05) is 13.1 Å². The molecular weight excluding hydrogens is 230 g/mol. The fourth-order valence-corrected chi connectivity index (χ4v) is 1.75. The van der Waals surface area contributed by atoms with E-state index in [1.54, 1.807) is 12.1 Å². The number of nitrogens with zero attached hydrogens (tertiary/aromatic N) is 2. The maximum absolute atomic E-state index is 11.0. The van der Waals surface area contributed by atoms with Crippen molar-refractivity contribution in [3.05, 3.63) is 23.5 Å². The number of pyridine rings is 1. The molecule has 0 spiro atoms. The van der Waals surface area contributed by atoms with Crippen LogP contribution in [0.1, 0.15) is 31.2 Å². The van der Waals surface area contributed by atoms with Crippen LogP contribution in [-0.4, -0.2) is 34.0 Å². The van der Waals surface area contributed by atoms with Crippen molar-refractivity contribution < 1.29 is 9.90 Å². The van der Waals surface area contributed by atoms with Gasteiger partial charge in [0, 0.05) is 12.2 Å². The molecule has 0 aromatic carbocycles. The van der Waals surface area contributed by atoms with E-state index in [9.17, 15) is 9.90 Å². The molecule has 0 aliphatic carbocycles. The standard InChI is InChI=1S/C13H21N3O2/c1-3-4-7-16(9-13(14)18)8-11-12(17)6-5-10(2)15-11/h5-6,17H,3-4,7-9H2,1-2H3,(H2,14,18). The number of hydrogen-bond donors (Lipinski definition) is 2. The molecule has 5 nitrogen and oxygen atoms in total. The minimum absolute atomic E-state index is 0.159. The molecule has 18 heavy (non-hydrogen) atoms. The van der Waals surface area contributed by atoms with Gasteiger partial charge >= 0.3 is 0 Å². The molecular formula is C13H21N3O2. The van der Waals surface area contributed by atoms with Gasteiger partial charge in [0.05, 0.1) is 12.2 Å². The number of primary amides is 1. The molecule has 1 rings (SSSR count). The zero-order valence-electron chi connectivity index (χ0n) is 11.0. The van der Waals surface area contributed by atoms with Crippen LogP contribution in [-0.2, 0) is 11.3 Å². The molecule has 1 aromatic rings. The minimum atomic E-state index is -0.363. The lowest BCUT2D eigenvalue weighted by atomic mass is 10.2. The number of carbonyl (C=O) groups excluding carboxylic acids is 1. The number of aromatic hydroxyl groups is 1. The van der Waals surface area contributed by atoms with E-state index in [-0.39, 0.29) is 18.2 Å². The van der Waals surface area contributed by atoms with Crippen LogP contribution < -0.4 is 5.73 Å². The van der Waals surface area contributed by atoms with E-state index in [1.807, 2.05) is 11.8 Å². The summed E-state index contributed by atoms with van der Waals surface area (Å²) in [4.78, 5) is 17.2. The molecule has 1 amide bonds. The molecule has 1 aromatic heterocycles. The van der Waals surface area contributed by atoms with E-state index in [4.69, 9.17) is 5.73 Å². The van der Waals surface area contributed by atoms with Gasteiger partial charge in [0.25, 0.3) is 0 Å². The van der Waals surface area contributed by atoms with Crippen molar-refractivity contribution in [2.24, 2.45) is 5.73 Å². The van der Waals surface area contributed by atoms with Crippen LogP contribution in [0.2, 0.25) is 0 Å². The van der Waals surface area contributed by atoms with Crippen molar-refractivity contribution in [3.63, 3.8) is 0 Å². The summed E-state index contributed by atoms with van der Waals surface area (Å²) in [6.45, 7) is 5.36. The normalized spacial score (nSPS) is 10.8. The first-order valence-corrected chi connectivity index (χ1v) is 6.19. The number of aromatic nitrogens is 1. The largest absolute Gasteiger partial charge is 0.506 e. The summed E-state index contributed by atoms with van der Waals surface area (Å²) < 4.78 is 0. The lowest BCUT2D eigenvalue weighted by Crippen LogP contribution is -2.34. The summed E-state index contributed by atoms with van der Waals surface area (Å²) in [5.74, 6) is -0.204. The highest BCUT2D eigenvalue weighted by Gasteiger charge is 2.12. The van der Waals surface area contributed by atoms with E-state index in [2.05, 4.69) is 11.9 Å². The Labute approximate surface area is 108 Å². The molecule has 3 N–H and O–H groups in total.